The molecular weight excluding hydrogens is 335 g/mol. The Morgan fingerprint density at radius 1 is 1.16 bits per heavy atom. The van der Waals surface area contributed by atoms with E-state index in [0.29, 0.717) is 11.4 Å². The number of nitriles is 1. The maximum absolute atomic E-state index is 13.0. The number of benzene rings is 1. The van der Waals surface area contributed by atoms with Gasteiger partial charge in [-0.15, -0.1) is 10.2 Å². The molecule has 0 amide bonds. The van der Waals surface area contributed by atoms with E-state index in [4.69, 9.17) is 5.26 Å². The zero-order valence-corrected chi connectivity index (χ0v) is 12.5. The number of halogens is 3. The van der Waals surface area contributed by atoms with Gasteiger partial charge in [-0.05, 0) is 29.8 Å². The van der Waals surface area contributed by atoms with Crippen LogP contribution in [0.4, 0.5) is 19.0 Å². The lowest BCUT2D eigenvalue weighted by atomic mass is 10.0. The number of hydrogen-bond acceptors (Lipinski definition) is 6. The van der Waals surface area contributed by atoms with Crippen molar-refractivity contribution in [3.63, 3.8) is 0 Å². The highest BCUT2D eigenvalue weighted by atomic mass is 19.4. The largest absolute Gasteiger partial charge is 0.416 e. The molecule has 0 bridgehead atoms. The first-order chi connectivity index (χ1) is 12.0. The van der Waals surface area contributed by atoms with Crippen LogP contribution in [0, 0.1) is 11.3 Å². The summed E-state index contributed by atoms with van der Waals surface area (Å²) in [5.74, 6) is 0.586. The van der Waals surface area contributed by atoms with Crippen molar-refractivity contribution < 1.29 is 13.2 Å². The highest BCUT2D eigenvalue weighted by Crippen LogP contribution is 2.32. The van der Waals surface area contributed by atoms with Crippen molar-refractivity contribution in [2.45, 2.75) is 12.2 Å². The molecule has 0 radical (unpaired) electrons. The van der Waals surface area contributed by atoms with E-state index in [1.807, 2.05) is 6.07 Å². The Morgan fingerprint density at radius 3 is 2.60 bits per heavy atom. The van der Waals surface area contributed by atoms with Gasteiger partial charge in [0, 0.05) is 0 Å². The van der Waals surface area contributed by atoms with Crippen LogP contribution < -0.4 is 5.32 Å². The summed E-state index contributed by atoms with van der Waals surface area (Å²) in [5, 5.41) is 25.6. The summed E-state index contributed by atoms with van der Waals surface area (Å²) >= 11 is 0. The fraction of sp³-hybridized carbons (Fsp3) is 0.133. The Morgan fingerprint density at radius 2 is 2.00 bits per heavy atom. The van der Waals surface area contributed by atoms with Crippen LogP contribution in [0.25, 0.3) is 0 Å². The molecule has 0 unspecified atom stereocenters. The minimum Gasteiger partial charge on any atom is -0.355 e. The molecule has 0 fully saturated rings. The molecule has 3 rings (SSSR count). The summed E-state index contributed by atoms with van der Waals surface area (Å²) in [6.45, 7) is 0. The summed E-state index contributed by atoms with van der Waals surface area (Å²) in [4.78, 5) is 4.00. The molecular formula is C15H10F3N7. The molecule has 0 spiro atoms. The van der Waals surface area contributed by atoms with Crippen molar-refractivity contribution in [2.24, 2.45) is 0 Å². The molecule has 2 N–H and O–H groups in total. The highest BCUT2D eigenvalue weighted by Gasteiger charge is 2.31. The summed E-state index contributed by atoms with van der Waals surface area (Å²) in [5.41, 5.74) is -0.333. The van der Waals surface area contributed by atoms with Crippen LogP contribution in [0.15, 0.2) is 42.7 Å². The van der Waals surface area contributed by atoms with Gasteiger partial charge in [0.2, 0.25) is 0 Å². The first kappa shape index (κ1) is 16.4. The van der Waals surface area contributed by atoms with E-state index in [0.717, 1.165) is 12.1 Å². The number of anilines is 1. The number of hydrogen-bond donors (Lipinski definition) is 2. The van der Waals surface area contributed by atoms with Gasteiger partial charge in [0.05, 0.1) is 5.56 Å². The molecule has 0 aliphatic carbocycles. The van der Waals surface area contributed by atoms with Gasteiger partial charge in [-0.1, -0.05) is 12.1 Å². The molecule has 3 aromatic rings. The first-order valence-corrected chi connectivity index (χ1v) is 7.00. The van der Waals surface area contributed by atoms with E-state index in [-0.39, 0.29) is 11.5 Å². The van der Waals surface area contributed by atoms with Gasteiger partial charge in [-0.25, -0.2) is 4.98 Å². The van der Waals surface area contributed by atoms with Gasteiger partial charge in [-0.3, -0.25) is 5.10 Å². The van der Waals surface area contributed by atoms with Gasteiger partial charge in [0.1, 0.15) is 24.3 Å². The van der Waals surface area contributed by atoms with Gasteiger partial charge in [0.25, 0.3) is 0 Å². The lowest BCUT2D eigenvalue weighted by Gasteiger charge is -2.18. The molecule has 1 atom stereocenters. The zero-order chi connectivity index (χ0) is 17.9. The van der Waals surface area contributed by atoms with Crippen molar-refractivity contribution in [3.8, 4) is 6.07 Å². The van der Waals surface area contributed by atoms with E-state index < -0.39 is 17.8 Å². The molecule has 0 saturated heterocycles. The number of nitrogens with one attached hydrogen (secondary N) is 2. The Balaban J connectivity index is 1.97. The highest BCUT2D eigenvalue weighted by molar-refractivity contribution is 5.42. The molecule has 7 nitrogen and oxygen atoms in total. The maximum atomic E-state index is 13.0. The van der Waals surface area contributed by atoms with Crippen molar-refractivity contribution in [2.75, 3.05) is 5.32 Å². The van der Waals surface area contributed by atoms with Gasteiger partial charge >= 0.3 is 6.18 Å². The second-order valence-corrected chi connectivity index (χ2v) is 4.99. The number of aromatic nitrogens is 5. The van der Waals surface area contributed by atoms with Crippen LogP contribution in [0.3, 0.4) is 0 Å². The number of H-pyrrole nitrogens is 1. The van der Waals surface area contributed by atoms with Crippen LogP contribution in [-0.2, 0) is 6.18 Å². The number of aromatic amines is 1. The quantitative estimate of drug-likeness (QED) is 0.753. The van der Waals surface area contributed by atoms with Crippen LogP contribution in [-0.4, -0.2) is 25.4 Å². The minimum atomic E-state index is -4.46. The van der Waals surface area contributed by atoms with E-state index in [9.17, 15) is 13.2 Å². The smallest absolute Gasteiger partial charge is 0.355 e. The van der Waals surface area contributed by atoms with Crippen molar-refractivity contribution in [3.05, 3.63) is 65.4 Å². The fourth-order valence-electron chi connectivity index (χ4n) is 2.17. The molecule has 0 aliphatic heterocycles. The second kappa shape index (κ2) is 6.56. The van der Waals surface area contributed by atoms with E-state index in [1.165, 1.54) is 30.6 Å². The molecule has 0 aliphatic rings. The molecule has 10 heteroatoms. The topological polar surface area (TPSA) is 103 Å². The molecule has 126 valence electrons. The van der Waals surface area contributed by atoms with Crippen molar-refractivity contribution >= 4 is 5.82 Å². The van der Waals surface area contributed by atoms with Gasteiger partial charge in [-0.2, -0.15) is 23.5 Å². The standard InChI is InChI=1S/C15H10F3N7/c16-15(17,18)10-3-1-2-9(6-10)13(14-20-8-21-25-14)22-12-5-4-11(7-19)23-24-12/h1-6,8,13H,(H,22,24)(H,20,21,25)/t13-/m0/s1. The van der Waals surface area contributed by atoms with E-state index in [2.05, 4.69) is 30.7 Å². The third-order valence-corrected chi connectivity index (χ3v) is 3.33. The first-order valence-electron chi connectivity index (χ1n) is 7.00. The van der Waals surface area contributed by atoms with Crippen molar-refractivity contribution in [1.29, 1.82) is 5.26 Å². The molecule has 0 saturated carbocycles. The van der Waals surface area contributed by atoms with Crippen LogP contribution >= 0.6 is 0 Å². The average molecular weight is 345 g/mol. The summed E-state index contributed by atoms with van der Waals surface area (Å²) in [7, 11) is 0. The number of alkyl halides is 3. The van der Waals surface area contributed by atoms with Gasteiger partial charge in [0.15, 0.2) is 11.5 Å². The molecule has 25 heavy (non-hydrogen) atoms. The maximum Gasteiger partial charge on any atom is 0.416 e. The Hall–Kier alpha value is -3.48. The number of rotatable bonds is 4. The Bertz CT molecular complexity index is 883. The Labute approximate surface area is 139 Å². The van der Waals surface area contributed by atoms with Crippen LogP contribution in [0.1, 0.15) is 28.7 Å². The second-order valence-electron chi connectivity index (χ2n) is 4.99. The molecule has 1 aromatic carbocycles. The fourth-order valence-corrected chi connectivity index (χ4v) is 2.17. The van der Waals surface area contributed by atoms with Gasteiger partial charge < -0.3 is 5.32 Å². The summed E-state index contributed by atoms with van der Waals surface area (Å²) < 4.78 is 38.9. The monoisotopic (exact) mass is 345 g/mol. The van der Waals surface area contributed by atoms with Crippen LogP contribution in [0.2, 0.25) is 0 Å². The summed E-state index contributed by atoms with van der Waals surface area (Å²) in [6, 6.07) is 8.89. The number of nitrogens with zero attached hydrogens (tertiary/aromatic N) is 5. The van der Waals surface area contributed by atoms with Crippen molar-refractivity contribution in [1.82, 2.24) is 25.4 Å². The third kappa shape index (κ3) is 3.72. The normalized spacial score (nSPS) is 12.4. The molecule has 2 heterocycles. The molecule has 2 aromatic heterocycles. The third-order valence-electron chi connectivity index (χ3n) is 3.33. The zero-order valence-electron chi connectivity index (χ0n) is 12.5. The predicted octanol–water partition coefficient (Wildman–Crippen LogP) is 2.69. The van der Waals surface area contributed by atoms with Crippen LogP contribution in [0.5, 0.6) is 0 Å². The lowest BCUT2D eigenvalue weighted by molar-refractivity contribution is -0.137. The average Bonchev–Trinajstić information content (AvgIpc) is 3.14. The SMILES string of the molecule is N#Cc1ccc(N[C@@H](c2cccc(C(F)(F)F)c2)c2ncn[nH]2)nn1. The Kier molecular flexibility index (Phi) is 4.30. The van der Waals surface area contributed by atoms with E-state index >= 15 is 0 Å². The minimum absolute atomic E-state index is 0.126. The lowest BCUT2D eigenvalue weighted by Crippen LogP contribution is -2.16. The summed E-state index contributed by atoms with van der Waals surface area (Å²) in [6.07, 6.45) is -3.21. The predicted molar refractivity (Wildman–Crippen MR) is 80.0 cm³/mol. The van der Waals surface area contributed by atoms with E-state index in [1.54, 1.807) is 0 Å².